The smallest absolute Gasteiger partial charge is 0.0822 e. The Morgan fingerprint density at radius 3 is 2.44 bits per heavy atom. The third-order valence-electron chi connectivity index (χ3n) is 5.38. The van der Waals surface area contributed by atoms with Crippen molar-refractivity contribution in [3.05, 3.63) is 72.4 Å². The quantitative estimate of drug-likeness (QED) is 0.273. The van der Waals surface area contributed by atoms with Gasteiger partial charge in [-0.2, -0.15) is 0 Å². The van der Waals surface area contributed by atoms with E-state index in [-0.39, 0.29) is 0 Å². The van der Waals surface area contributed by atoms with Gasteiger partial charge < -0.3 is 5.32 Å². The fourth-order valence-corrected chi connectivity index (χ4v) is 4.06. The van der Waals surface area contributed by atoms with Gasteiger partial charge in [0.25, 0.3) is 0 Å². The minimum Gasteiger partial charge on any atom is -0.320 e. The van der Waals surface area contributed by atoms with Crippen LogP contribution in [-0.2, 0) is 6.42 Å². The van der Waals surface area contributed by atoms with E-state index in [1.54, 1.807) is 0 Å². The molecular formula is C24H21N3. The highest BCUT2D eigenvalue weighted by Crippen LogP contribution is 2.34. The van der Waals surface area contributed by atoms with Crippen molar-refractivity contribution in [3.8, 4) is 0 Å². The molecular weight excluding hydrogens is 330 g/mol. The van der Waals surface area contributed by atoms with E-state index < -0.39 is 0 Å². The molecule has 3 heteroatoms. The second-order valence-corrected chi connectivity index (χ2v) is 7.02. The summed E-state index contributed by atoms with van der Waals surface area (Å²) in [5.74, 6) is 0. The van der Waals surface area contributed by atoms with Gasteiger partial charge in [-0.05, 0) is 43.5 Å². The Morgan fingerprint density at radius 2 is 1.56 bits per heavy atom. The first-order valence-electron chi connectivity index (χ1n) is 9.49. The number of benzene rings is 3. The van der Waals surface area contributed by atoms with E-state index in [0.29, 0.717) is 0 Å². The Bertz CT molecular complexity index is 1200. The van der Waals surface area contributed by atoms with Crippen molar-refractivity contribution < 1.29 is 0 Å². The van der Waals surface area contributed by atoms with Gasteiger partial charge in [0.1, 0.15) is 0 Å². The van der Waals surface area contributed by atoms with Crippen LogP contribution in [0.25, 0.3) is 43.5 Å². The first-order chi connectivity index (χ1) is 13.4. The molecule has 2 heterocycles. The molecule has 3 nitrogen and oxygen atoms in total. The summed E-state index contributed by atoms with van der Waals surface area (Å²) in [7, 11) is 2.01. The molecule has 0 unspecified atom stereocenters. The molecule has 5 rings (SSSR count). The number of aromatic nitrogens is 2. The minimum absolute atomic E-state index is 0.998. The molecule has 0 amide bonds. The normalized spacial score (nSPS) is 11.7. The van der Waals surface area contributed by atoms with Gasteiger partial charge in [0.05, 0.1) is 16.6 Å². The number of hydrogen-bond acceptors (Lipinski definition) is 3. The topological polar surface area (TPSA) is 37.8 Å². The Morgan fingerprint density at radius 1 is 0.778 bits per heavy atom. The van der Waals surface area contributed by atoms with Crippen LogP contribution in [0.2, 0.25) is 0 Å². The highest BCUT2D eigenvalue weighted by Gasteiger charge is 2.14. The fourth-order valence-electron chi connectivity index (χ4n) is 4.06. The van der Waals surface area contributed by atoms with Gasteiger partial charge >= 0.3 is 0 Å². The molecule has 0 fully saturated rings. The maximum Gasteiger partial charge on any atom is 0.0822 e. The van der Waals surface area contributed by atoms with Crippen LogP contribution in [0, 0.1) is 0 Å². The number of hydrogen-bond donors (Lipinski definition) is 1. The zero-order valence-corrected chi connectivity index (χ0v) is 15.4. The number of rotatable bonds is 4. The van der Waals surface area contributed by atoms with E-state index in [1.165, 1.54) is 27.1 Å². The monoisotopic (exact) mass is 351 g/mol. The lowest BCUT2D eigenvalue weighted by molar-refractivity contribution is 0.728. The van der Waals surface area contributed by atoms with Gasteiger partial charge in [-0.1, -0.05) is 54.6 Å². The average molecular weight is 351 g/mol. The number of fused-ring (bicyclic) bond motifs is 6. The van der Waals surface area contributed by atoms with Crippen LogP contribution in [0.3, 0.4) is 0 Å². The number of nitrogens with zero attached hydrogens (tertiary/aromatic N) is 2. The second-order valence-electron chi connectivity index (χ2n) is 7.02. The lowest BCUT2D eigenvalue weighted by Crippen LogP contribution is -2.09. The molecule has 0 aliphatic heterocycles. The molecule has 0 aliphatic carbocycles. The highest BCUT2D eigenvalue weighted by atomic mass is 14.8. The summed E-state index contributed by atoms with van der Waals surface area (Å²) in [4.78, 5) is 9.88. The van der Waals surface area contributed by atoms with Crippen LogP contribution in [-0.4, -0.2) is 23.6 Å². The van der Waals surface area contributed by atoms with Crippen molar-refractivity contribution >= 4 is 43.5 Å². The molecule has 3 aromatic carbocycles. The SMILES string of the molecule is CNCCCc1c2ccc3ccccc3c2nc2c1cnc1ccccc12. The van der Waals surface area contributed by atoms with Crippen LogP contribution in [0.4, 0.5) is 0 Å². The van der Waals surface area contributed by atoms with E-state index in [9.17, 15) is 0 Å². The summed E-state index contributed by atoms with van der Waals surface area (Å²) in [5.41, 5.74) is 4.51. The highest BCUT2D eigenvalue weighted by molar-refractivity contribution is 6.14. The van der Waals surface area contributed by atoms with Crippen molar-refractivity contribution in [3.63, 3.8) is 0 Å². The number of nitrogens with one attached hydrogen (secondary N) is 1. The molecule has 132 valence electrons. The molecule has 0 radical (unpaired) electrons. The average Bonchev–Trinajstić information content (AvgIpc) is 2.73. The molecule has 0 bridgehead atoms. The molecule has 0 saturated heterocycles. The molecule has 1 N–H and O–H groups in total. The third kappa shape index (κ3) is 2.63. The molecule has 2 aromatic heterocycles. The summed E-state index contributed by atoms with van der Waals surface area (Å²) in [6.07, 6.45) is 4.10. The Kier molecular flexibility index (Phi) is 3.95. The summed E-state index contributed by atoms with van der Waals surface area (Å²) in [6, 6.07) is 21.3. The van der Waals surface area contributed by atoms with Gasteiger partial charge in [0.2, 0.25) is 0 Å². The zero-order chi connectivity index (χ0) is 18.2. The van der Waals surface area contributed by atoms with Gasteiger partial charge in [-0.15, -0.1) is 0 Å². The second kappa shape index (κ2) is 6.60. The summed E-state index contributed by atoms with van der Waals surface area (Å²) < 4.78 is 0. The van der Waals surface area contributed by atoms with Crippen LogP contribution in [0.1, 0.15) is 12.0 Å². The van der Waals surface area contributed by atoms with Crippen molar-refractivity contribution in [2.45, 2.75) is 12.8 Å². The van der Waals surface area contributed by atoms with Crippen molar-refractivity contribution in [2.75, 3.05) is 13.6 Å². The number of para-hydroxylation sites is 1. The molecule has 0 atom stereocenters. The van der Waals surface area contributed by atoms with E-state index in [4.69, 9.17) is 9.97 Å². The lowest BCUT2D eigenvalue weighted by Gasteiger charge is -2.14. The molecule has 0 aliphatic rings. The molecule has 0 saturated carbocycles. The summed E-state index contributed by atoms with van der Waals surface area (Å²) in [6.45, 7) is 1.000. The molecule has 0 spiro atoms. The van der Waals surface area contributed by atoms with Crippen molar-refractivity contribution in [1.29, 1.82) is 0 Å². The predicted octanol–water partition coefficient (Wildman–Crippen LogP) is 5.24. The van der Waals surface area contributed by atoms with E-state index in [2.05, 4.69) is 59.9 Å². The maximum atomic E-state index is 5.17. The number of aryl methyl sites for hydroxylation is 1. The van der Waals surface area contributed by atoms with Crippen LogP contribution < -0.4 is 5.32 Å². The number of pyridine rings is 2. The van der Waals surface area contributed by atoms with Gasteiger partial charge in [0.15, 0.2) is 0 Å². The van der Waals surface area contributed by atoms with Crippen LogP contribution in [0.15, 0.2) is 66.9 Å². The summed E-state index contributed by atoms with van der Waals surface area (Å²) in [5, 5.41) is 9.25. The van der Waals surface area contributed by atoms with E-state index in [0.717, 1.165) is 41.3 Å². The Hall–Kier alpha value is -3.04. The predicted molar refractivity (Wildman–Crippen MR) is 114 cm³/mol. The lowest BCUT2D eigenvalue weighted by atomic mass is 9.96. The van der Waals surface area contributed by atoms with E-state index >= 15 is 0 Å². The molecule has 5 aromatic rings. The van der Waals surface area contributed by atoms with Gasteiger partial charge in [-0.3, -0.25) is 4.98 Å². The zero-order valence-electron chi connectivity index (χ0n) is 15.4. The van der Waals surface area contributed by atoms with Gasteiger partial charge in [-0.25, -0.2) is 4.98 Å². The first kappa shape index (κ1) is 16.2. The Balaban J connectivity index is 1.93. The van der Waals surface area contributed by atoms with Crippen LogP contribution in [0.5, 0.6) is 0 Å². The summed E-state index contributed by atoms with van der Waals surface area (Å²) >= 11 is 0. The van der Waals surface area contributed by atoms with Crippen molar-refractivity contribution in [1.82, 2.24) is 15.3 Å². The largest absolute Gasteiger partial charge is 0.320 e. The van der Waals surface area contributed by atoms with Crippen LogP contribution >= 0.6 is 0 Å². The van der Waals surface area contributed by atoms with Crippen molar-refractivity contribution in [2.24, 2.45) is 0 Å². The Labute approximate surface area is 158 Å². The standard InChI is InChI=1S/C24H21N3/c1-25-14-6-10-18-19-13-12-16-7-2-3-8-17(16)23(19)27-24-20-9-4-5-11-22(20)26-15-21(18)24/h2-5,7-9,11-13,15,25H,6,10,14H2,1H3. The van der Waals surface area contributed by atoms with Gasteiger partial charge in [0, 0.05) is 27.7 Å². The van der Waals surface area contributed by atoms with E-state index in [1.807, 2.05) is 19.3 Å². The fraction of sp³-hybridized carbons (Fsp3) is 0.167. The minimum atomic E-state index is 0.998. The first-order valence-corrected chi connectivity index (χ1v) is 9.49. The maximum absolute atomic E-state index is 5.17. The molecule has 27 heavy (non-hydrogen) atoms. The third-order valence-corrected chi connectivity index (χ3v) is 5.38.